The van der Waals surface area contributed by atoms with E-state index in [9.17, 15) is 8.78 Å². The molecular formula is C16H25F2N. The van der Waals surface area contributed by atoms with Crippen LogP contribution < -0.4 is 5.32 Å². The van der Waals surface area contributed by atoms with Crippen molar-refractivity contribution in [3.63, 3.8) is 0 Å². The standard InChI is InChI=1S/C16H25F2N/c1-15(2,3)19-9-8-16(4,5)11-12-10-13(17)6-7-14(12)18/h6-7,10,19H,8-9,11H2,1-5H3. The molecule has 0 aromatic heterocycles. The lowest BCUT2D eigenvalue weighted by Gasteiger charge is -2.28. The third kappa shape index (κ3) is 6.15. The summed E-state index contributed by atoms with van der Waals surface area (Å²) in [5.41, 5.74) is 0.480. The third-order valence-electron chi connectivity index (χ3n) is 3.13. The minimum atomic E-state index is -0.375. The minimum Gasteiger partial charge on any atom is -0.312 e. The second-order valence-electron chi connectivity index (χ2n) is 7.00. The molecule has 0 radical (unpaired) electrons. The summed E-state index contributed by atoms with van der Waals surface area (Å²) in [6, 6.07) is 3.66. The summed E-state index contributed by atoms with van der Waals surface area (Å²) in [5.74, 6) is -0.696. The van der Waals surface area contributed by atoms with Crippen molar-refractivity contribution in [1.29, 1.82) is 0 Å². The molecule has 0 saturated heterocycles. The van der Waals surface area contributed by atoms with Crippen LogP contribution in [0, 0.1) is 17.0 Å². The lowest BCUT2D eigenvalue weighted by Crippen LogP contribution is -2.38. The fourth-order valence-corrected chi connectivity index (χ4v) is 2.06. The molecule has 1 aromatic rings. The molecule has 1 N–H and O–H groups in total. The fraction of sp³-hybridized carbons (Fsp3) is 0.625. The van der Waals surface area contributed by atoms with Gasteiger partial charge in [-0.25, -0.2) is 8.78 Å². The first-order chi connectivity index (χ1) is 8.59. The Morgan fingerprint density at radius 3 is 2.26 bits per heavy atom. The van der Waals surface area contributed by atoms with Crippen molar-refractivity contribution in [2.24, 2.45) is 5.41 Å². The number of nitrogens with one attached hydrogen (secondary N) is 1. The van der Waals surface area contributed by atoms with Gasteiger partial charge in [-0.3, -0.25) is 0 Å². The molecule has 0 aliphatic carbocycles. The lowest BCUT2D eigenvalue weighted by molar-refractivity contribution is 0.299. The van der Waals surface area contributed by atoms with Gasteiger partial charge in [0.05, 0.1) is 0 Å². The van der Waals surface area contributed by atoms with Gasteiger partial charge in [0.15, 0.2) is 0 Å². The summed E-state index contributed by atoms with van der Waals surface area (Å²) in [5, 5.41) is 3.42. The minimum absolute atomic E-state index is 0.0626. The van der Waals surface area contributed by atoms with Crippen molar-refractivity contribution in [3.05, 3.63) is 35.4 Å². The zero-order valence-electron chi connectivity index (χ0n) is 12.6. The van der Waals surface area contributed by atoms with Crippen molar-refractivity contribution in [2.75, 3.05) is 6.54 Å². The van der Waals surface area contributed by atoms with Crippen LogP contribution in [0.1, 0.15) is 46.6 Å². The Balaban J connectivity index is 2.61. The highest BCUT2D eigenvalue weighted by molar-refractivity contribution is 5.20. The Kier molecular flexibility index (Phi) is 5.08. The van der Waals surface area contributed by atoms with Gasteiger partial charge >= 0.3 is 0 Å². The Labute approximate surface area is 115 Å². The average molecular weight is 269 g/mol. The molecule has 0 saturated carbocycles. The Hall–Kier alpha value is -0.960. The van der Waals surface area contributed by atoms with Gasteiger partial charge in [0.1, 0.15) is 11.6 Å². The maximum atomic E-state index is 13.6. The first kappa shape index (κ1) is 16.1. The molecule has 3 heteroatoms. The third-order valence-corrected chi connectivity index (χ3v) is 3.13. The molecule has 108 valence electrons. The van der Waals surface area contributed by atoms with Crippen molar-refractivity contribution in [2.45, 2.75) is 53.0 Å². The van der Waals surface area contributed by atoms with Gasteiger partial charge in [-0.05, 0) is 69.3 Å². The number of rotatable bonds is 5. The molecule has 0 bridgehead atoms. The van der Waals surface area contributed by atoms with Gasteiger partial charge in [-0.15, -0.1) is 0 Å². The van der Waals surface area contributed by atoms with Crippen LogP contribution in [0.3, 0.4) is 0 Å². The number of halogens is 2. The summed E-state index contributed by atoms with van der Waals surface area (Å²) < 4.78 is 26.8. The molecule has 0 aliphatic rings. The zero-order valence-corrected chi connectivity index (χ0v) is 12.6. The molecule has 0 unspecified atom stereocenters. The van der Waals surface area contributed by atoms with Gasteiger partial charge in [-0.2, -0.15) is 0 Å². The summed E-state index contributed by atoms with van der Waals surface area (Å²) >= 11 is 0. The van der Waals surface area contributed by atoms with Crippen LogP contribution in [0.2, 0.25) is 0 Å². The van der Waals surface area contributed by atoms with E-state index in [-0.39, 0.29) is 22.6 Å². The molecule has 1 rings (SSSR count). The number of hydrogen-bond donors (Lipinski definition) is 1. The van der Waals surface area contributed by atoms with Crippen molar-refractivity contribution in [3.8, 4) is 0 Å². The van der Waals surface area contributed by atoms with Crippen LogP contribution in [0.25, 0.3) is 0 Å². The average Bonchev–Trinajstić information content (AvgIpc) is 2.20. The quantitative estimate of drug-likeness (QED) is 0.839. The normalized spacial score (nSPS) is 12.8. The fourth-order valence-electron chi connectivity index (χ4n) is 2.06. The van der Waals surface area contributed by atoms with Gasteiger partial charge in [0.2, 0.25) is 0 Å². The number of hydrogen-bond acceptors (Lipinski definition) is 1. The summed E-state index contributed by atoms with van der Waals surface area (Å²) in [4.78, 5) is 0. The van der Waals surface area contributed by atoms with Crippen LogP contribution in [0.15, 0.2) is 18.2 Å². The van der Waals surface area contributed by atoms with E-state index < -0.39 is 0 Å². The predicted octanol–water partition coefficient (Wildman–Crippen LogP) is 4.31. The molecule has 0 amide bonds. The van der Waals surface area contributed by atoms with Gasteiger partial charge in [-0.1, -0.05) is 13.8 Å². The van der Waals surface area contributed by atoms with Crippen molar-refractivity contribution < 1.29 is 8.78 Å². The smallest absolute Gasteiger partial charge is 0.126 e. The maximum Gasteiger partial charge on any atom is 0.126 e. The second kappa shape index (κ2) is 6.00. The predicted molar refractivity (Wildman–Crippen MR) is 76.2 cm³/mol. The van der Waals surface area contributed by atoms with E-state index in [4.69, 9.17) is 0 Å². The highest BCUT2D eigenvalue weighted by atomic mass is 19.1. The molecule has 0 aliphatic heterocycles. The molecule has 0 atom stereocenters. The van der Waals surface area contributed by atoms with Crippen LogP contribution in [-0.4, -0.2) is 12.1 Å². The van der Waals surface area contributed by atoms with Crippen LogP contribution >= 0.6 is 0 Å². The maximum absolute atomic E-state index is 13.6. The first-order valence-corrected chi connectivity index (χ1v) is 6.78. The molecule has 19 heavy (non-hydrogen) atoms. The molecule has 1 aromatic carbocycles. The summed E-state index contributed by atoms with van der Waals surface area (Å²) in [6.07, 6.45) is 1.46. The van der Waals surface area contributed by atoms with E-state index >= 15 is 0 Å². The van der Waals surface area contributed by atoms with Crippen LogP contribution in [-0.2, 0) is 6.42 Å². The molecule has 1 nitrogen and oxygen atoms in total. The molecular weight excluding hydrogens is 244 g/mol. The summed E-state index contributed by atoms with van der Waals surface area (Å²) in [7, 11) is 0. The van der Waals surface area contributed by atoms with E-state index in [1.807, 2.05) is 0 Å². The summed E-state index contributed by atoms with van der Waals surface area (Å²) in [6.45, 7) is 11.4. The Morgan fingerprint density at radius 1 is 1.05 bits per heavy atom. The topological polar surface area (TPSA) is 12.0 Å². The van der Waals surface area contributed by atoms with E-state index in [0.717, 1.165) is 19.0 Å². The molecule has 0 spiro atoms. The zero-order chi connectivity index (χ0) is 14.7. The van der Waals surface area contributed by atoms with E-state index in [1.165, 1.54) is 12.1 Å². The Bertz CT molecular complexity index is 419. The lowest BCUT2D eigenvalue weighted by atomic mass is 9.82. The van der Waals surface area contributed by atoms with E-state index in [0.29, 0.717) is 12.0 Å². The van der Waals surface area contributed by atoms with Crippen LogP contribution in [0.4, 0.5) is 8.78 Å². The monoisotopic (exact) mass is 269 g/mol. The van der Waals surface area contributed by atoms with Gasteiger partial charge < -0.3 is 5.32 Å². The largest absolute Gasteiger partial charge is 0.312 e. The first-order valence-electron chi connectivity index (χ1n) is 6.78. The van der Waals surface area contributed by atoms with Crippen LogP contribution in [0.5, 0.6) is 0 Å². The SMILES string of the molecule is CC(C)(CCNC(C)(C)C)Cc1cc(F)ccc1F. The van der Waals surface area contributed by atoms with Gasteiger partial charge in [0, 0.05) is 5.54 Å². The second-order valence-corrected chi connectivity index (χ2v) is 7.00. The van der Waals surface area contributed by atoms with Gasteiger partial charge in [0.25, 0.3) is 0 Å². The Morgan fingerprint density at radius 2 is 1.68 bits per heavy atom. The highest BCUT2D eigenvalue weighted by Gasteiger charge is 2.21. The molecule has 0 heterocycles. The van der Waals surface area contributed by atoms with Crippen molar-refractivity contribution in [1.82, 2.24) is 5.32 Å². The van der Waals surface area contributed by atoms with Crippen molar-refractivity contribution >= 4 is 0 Å². The molecule has 0 fully saturated rings. The number of benzene rings is 1. The highest BCUT2D eigenvalue weighted by Crippen LogP contribution is 2.27. The van der Waals surface area contributed by atoms with E-state index in [2.05, 4.69) is 39.9 Å². The van der Waals surface area contributed by atoms with E-state index in [1.54, 1.807) is 0 Å².